The summed E-state index contributed by atoms with van der Waals surface area (Å²) in [6, 6.07) is 17.6. The molecular weight excluding hydrogens is 519 g/mol. The summed E-state index contributed by atoms with van der Waals surface area (Å²) in [5.41, 5.74) is 4.69. The second-order valence-electron chi connectivity index (χ2n) is 6.08. The number of aliphatic hydroxyl groups is 1. The number of aromatic nitrogens is 2. The number of nitrogens with zero attached hydrogens (tertiary/aromatic N) is 2. The maximum atomic E-state index is 10.0. The largest absolute Gasteiger partial charge is 0.512 e. The van der Waals surface area contributed by atoms with Crippen LogP contribution in [0.3, 0.4) is 0 Å². The number of hydrogen-bond donors (Lipinski definition) is 1. The summed E-state index contributed by atoms with van der Waals surface area (Å²) in [5.74, 6) is 0.861. The van der Waals surface area contributed by atoms with Crippen LogP contribution < -0.4 is 0 Å². The summed E-state index contributed by atoms with van der Waals surface area (Å²) in [6.45, 7) is 7.08. The number of aryl methyl sites for hydroxylation is 2. The normalized spacial score (nSPS) is 10.4. The first-order chi connectivity index (χ1) is 12.4. The molecule has 27 heavy (non-hydrogen) atoms. The van der Waals surface area contributed by atoms with Gasteiger partial charge in [0.25, 0.3) is 0 Å². The summed E-state index contributed by atoms with van der Waals surface area (Å²) < 4.78 is 2.11. The Bertz CT molecular complexity index is 911. The molecule has 0 aliphatic carbocycles. The van der Waals surface area contributed by atoms with Crippen molar-refractivity contribution < 1.29 is 31.0 Å². The van der Waals surface area contributed by atoms with E-state index in [0.29, 0.717) is 0 Å². The minimum Gasteiger partial charge on any atom is -0.512 e. The molecule has 1 N–H and O–H groups in total. The van der Waals surface area contributed by atoms with Gasteiger partial charge < -0.3 is 9.67 Å². The van der Waals surface area contributed by atoms with Gasteiger partial charge in [-0.1, -0.05) is 17.7 Å². The molecule has 0 amide bonds. The van der Waals surface area contributed by atoms with Gasteiger partial charge in [-0.3, -0.25) is 9.78 Å². The number of aliphatic hydroxyl groups excluding tert-OH is 1. The van der Waals surface area contributed by atoms with Gasteiger partial charge in [-0.2, -0.15) is 0 Å². The predicted octanol–water partition coefficient (Wildman–Crippen LogP) is 4.99. The van der Waals surface area contributed by atoms with Gasteiger partial charge in [-0.05, 0) is 39.3 Å². The van der Waals surface area contributed by atoms with Crippen LogP contribution >= 0.6 is 0 Å². The molecule has 0 aliphatic heterocycles. The number of rotatable bonds is 3. The summed E-state index contributed by atoms with van der Waals surface area (Å²) in [6.07, 6.45) is 4.99. The topological polar surface area (TPSA) is 55.1 Å². The molecule has 3 rings (SSSR count). The van der Waals surface area contributed by atoms with E-state index in [2.05, 4.69) is 47.7 Å². The first kappa shape index (κ1) is 22.6. The Hall–Kier alpha value is -2.45. The number of ketones is 1. The van der Waals surface area contributed by atoms with Crippen molar-refractivity contribution in [1.29, 1.82) is 0 Å². The fourth-order valence-electron chi connectivity index (χ4n) is 2.60. The van der Waals surface area contributed by atoms with Crippen molar-refractivity contribution in [2.75, 3.05) is 0 Å². The van der Waals surface area contributed by atoms with E-state index >= 15 is 0 Å². The molecular formula is C22H23N2O2Pt-. The molecule has 0 bridgehead atoms. The molecule has 0 fully saturated rings. The number of carbonyl (C=O) groups excluding carboxylic acids is 1. The van der Waals surface area contributed by atoms with Crippen molar-refractivity contribution in [2.24, 2.45) is 0 Å². The Kier molecular flexibility index (Phi) is 8.90. The van der Waals surface area contributed by atoms with Crippen molar-refractivity contribution in [3.63, 3.8) is 0 Å². The average Bonchev–Trinajstić information content (AvgIpc) is 3.04. The third kappa shape index (κ3) is 6.65. The molecule has 2 aromatic carbocycles. The van der Waals surface area contributed by atoms with Crippen molar-refractivity contribution in [2.45, 2.75) is 27.7 Å². The summed E-state index contributed by atoms with van der Waals surface area (Å²) in [5, 5.41) is 8.36. The third-order valence-electron chi connectivity index (χ3n) is 3.61. The van der Waals surface area contributed by atoms with Gasteiger partial charge in [0.15, 0.2) is 5.78 Å². The van der Waals surface area contributed by atoms with Crippen LogP contribution in [-0.4, -0.2) is 20.4 Å². The van der Waals surface area contributed by atoms with E-state index in [4.69, 9.17) is 5.11 Å². The maximum Gasteiger partial charge on any atom is 0.155 e. The fourth-order valence-corrected chi connectivity index (χ4v) is 2.60. The van der Waals surface area contributed by atoms with Gasteiger partial charge in [0.1, 0.15) is 0 Å². The standard InChI is InChI=1S/C17H15N2.C5H8O2.Pt/c1-13-8-9-16(14(2)12-13)19-11-10-18-17(19)15-6-4-3-5-7-15;1-4(6)3-5(2)7;/h3-6,8-12H,1-2H3;3,6H,1-2H3;/q-1;;/b;4-3-;. The summed E-state index contributed by atoms with van der Waals surface area (Å²) in [7, 11) is 0. The van der Waals surface area contributed by atoms with Crippen LogP contribution in [0.5, 0.6) is 0 Å². The van der Waals surface area contributed by atoms with Crippen LogP contribution in [0.25, 0.3) is 17.1 Å². The zero-order valence-electron chi connectivity index (χ0n) is 15.8. The second-order valence-corrected chi connectivity index (χ2v) is 6.08. The number of carbonyl (C=O) groups is 1. The summed E-state index contributed by atoms with van der Waals surface area (Å²) in [4.78, 5) is 14.5. The van der Waals surface area contributed by atoms with Crippen LogP contribution in [0.15, 0.2) is 66.7 Å². The van der Waals surface area contributed by atoms with Gasteiger partial charge >= 0.3 is 0 Å². The van der Waals surface area contributed by atoms with Crippen molar-refractivity contribution in [3.05, 3.63) is 83.9 Å². The smallest absolute Gasteiger partial charge is 0.155 e. The van der Waals surface area contributed by atoms with Crippen LogP contribution in [0, 0.1) is 19.9 Å². The quantitative estimate of drug-likeness (QED) is 0.288. The Morgan fingerprint density at radius 1 is 1.19 bits per heavy atom. The van der Waals surface area contributed by atoms with Crippen molar-refractivity contribution >= 4 is 5.78 Å². The van der Waals surface area contributed by atoms with E-state index in [1.807, 2.05) is 36.7 Å². The van der Waals surface area contributed by atoms with E-state index in [1.165, 1.54) is 31.1 Å². The van der Waals surface area contributed by atoms with E-state index in [1.54, 1.807) is 0 Å². The van der Waals surface area contributed by atoms with Gasteiger partial charge in [0.05, 0.1) is 11.6 Å². The molecule has 1 heterocycles. The molecule has 0 unspecified atom stereocenters. The Balaban J connectivity index is 0.000000395. The first-order valence-electron chi connectivity index (χ1n) is 8.34. The van der Waals surface area contributed by atoms with E-state index in [-0.39, 0.29) is 32.6 Å². The van der Waals surface area contributed by atoms with Gasteiger partial charge in [0, 0.05) is 45.2 Å². The van der Waals surface area contributed by atoms with Crippen LogP contribution in [-0.2, 0) is 25.9 Å². The first-order valence-corrected chi connectivity index (χ1v) is 8.34. The number of benzene rings is 2. The molecule has 4 nitrogen and oxygen atoms in total. The third-order valence-corrected chi connectivity index (χ3v) is 3.61. The van der Waals surface area contributed by atoms with E-state index in [0.717, 1.165) is 17.1 Å². The molecule has 0 aliphatic rings. The predicted molar refractivity (Wildman–Crippen MR) is 104 cm³/mol. The minimum atomic E-state index is -0.125. The van der Waals surface area contributed by atoms with E-state index in [9.17, 15) is 4.79 Å². The van der Waals surface area contributed by atoms with E-state index < -0.39 is 0 Å². The Morgan fingerprint density at radius 3 is 2.44 bits per heavy atom. The molecule has 0 saturated heterocycles. The Labute approximate surface area is 174 Å². The number of hydrogen-bond acceptors (Lipinski definition) is 3. The van der Waals surface area contributed by atoms with Gasteiger partial charge in [0.2, 0.25) is 0 Å². The molecule has 0 saturated carbocycles. The average molecular weight is 543 g/mol. The molecule has 5 heteroatoms. The second kappa shape index (κ2) is 10.6. The fraction of sp³-hybridized carbons (Fsp3) is 0.182. The molecule has 0 spiro atoms. The van der Waals surface area contributed by atoms with Crippen LogP contribution in [0.1, 0.15) is 25.0 Å². The zero-order valence-corrected chi connectivity index (χ0v) is 18.1. The molecule has 144 valence electrons. The van der Waals surface area contributed by atoms with Gasteiger partial charge in [-0.25, -0.2) is 0 Å². The summed E-state index contributed by atoms with van der Waals surface area (Å²) >= 11 is 0. The van der Waals surface area contributed by atoms with Gasteiger partial charge in [-0.15, -0.1) is 35.9 Å². The molecule has 3 aromatic rings. The SMILES string of the molecule is CC(=O)/C=C(/C)O.Cc1ccc(-n2ccnc2-c2[c-]cccc2)c(C)c1.[Pt]. The minimum absolute atomic E-state index is 0. The van der Waals surface area contributed by atoms with Crippen LogP contribution in [0.2, 0.25) is 0 Å². The van der Waals surface area contributed by atoms with Crippen molar-refractivity contribution in [1.82, 2.24) is 9.55 Å². The zero-order chi connectivity index (χ0) is 19.1. The molecule has 1 aromatic heterocycles. The van der Waals surface area contributed by atoms with Crippen molar-refractivity contribution in [3.8, 4) is 17.1 Å². The van der Waals surface area contributed by atoms with Crippen LogP contribution in [0.4, 0.5) is 0 Å². The molecule has 0 radical (unpaired) electrons. The maximum absolute atomic E-state index is 10.0. The monoisotopic (exact) mass is 542 g/mol. The number of allylic oxidation sites excluding steroid dienone is 2. The number of imidazole rings is 1. The Morgan fingerprint density at radius 2 is 1.93 bits per heavy atom. The molecule has 0 atom stereocenters.